The Kier molecular flexibility index (Phi) is 3.94. The highest BCUT2D eigenvalue weighted by Crippen LogP contribution is 2.10. The second kappa shape index (κ2) is 5.64. The van der Waals surface area contributed by atoms with Crippen molar-refractivity contribution in [3.8, 4) is 0 Å². The molecule has 0 bridgehead atoms. The monoisotopic (exact) mass is 248 g/mol. The van der Waals surface area contributed by atoms with Crippen molar-refractivity contribution < 1.29 is 14.3 Å². The van der Waals surface area contributed by atoms with Crippen LogP contribution in [-0.4, -0.2) is 31.1 Å². The Balaban J connectivity index is 1.88. The molecule has 1 fully saturated rings. The van der Waals surface area contributed by atoms with Crippen molar-refractivity contribution >= 4 is 17.5 Å². The van der Waals surface area contributed by atoms with Gasteiger partial charge in [0.05, 0.1) is 13.0 Å². The number of rotatable bonds is 3. The summed E-state index contributed by atoms with van der Waals surface area (Å²) in [5.74, 6) is -0.443. The number of carbonyl (C=O) groups excluding carboxylic acids is 2. The maximum Gasteiger partial charge on any atom is 0.249 e. The Morgan fingerprint density at radius 3 is 2.83 bits per heavy atom. The second-order valence-electron chi connectivity index (χ2n) is 4.27. The van der Waals surface area contributed by atoms with E-state index in [0.717, 1.165) is 11.3 Å². The predicted molar refractivity (Wildman–Crippen MR) is 67.2 cm³/mol. The van der Waals surface area contributed by atoms with Crippen LogP contribution in [0.1, 0.15) is 12.0 Å². The summed E-state index contributed by atoms with van der Waals surface area (Å²) in [6.07, 6.45) is -0.635. The largest absolute Gasteiger partial charge is 0.366 e. The van der Waals surface area contributed by atoms with E-state index in [9.17, 15) is 9.59 Å². The minimum absolute atomic E-state index is 0.0414. The number of benzene rings is 1. The fraction of sp³-hybridized carbons (Fsp3) is 0.385. The Morgan fingerprint density at radius 1 is 1.44 bits per heavy atom. The number of hydrogen-bond acceptors (Lipinski definition) is 3. The normalized spacial score (nSPS) is 19.2. The molecule has 5 nitrogen and oxygen atoms in total. The van der Waals surface area contributed by atoms with Gasteiger partial charge in [-0.15, -0.1) is 0 Å². The smallest absolute Gasteiger partial charge is 0.249 e. The summed E-state index contributed by atoms with van der Waals surface area (Å²) in [4.78, 5) is 23.2. The first kappa shape index (κ1) is 12.6. The van der Waals surface area contributed by atoms with Crippen molar-refractivity contribution in [2.45, 2.75) is 19.4 Å². The lowest BCUT2D eigenvalue weighted by Gasteiger charge is -2.22. The van der Waals surface area contributed by atoms with Gasteiger partial charge >= 0.3 is 0 Å². The van der Waals surface area contributed by atoms with Crippen LogP contribution in [0.5, 0.6) is 0 Å². The quantitative estimate of drug-likeness (QED) is 0.833. The van der Waals surface area contributed by atoms with Crippen LogP contribution in [-0.2, 0) is 14.3 Å². The van der Waals surface area contributed by atoms with Gasteiger partial charge in [0.25, 0.3) is 0 Å². The van der Waals surface area contributed by atoms with E-state index in [-0.39, 0.29) is 18.2 Å². The molecule has 2 amide bonds. The predicted octanol–water partition coefficient (Wildman–Crippen LogP) is 0.839. The number of anilines is 1. The zero-order valence-electron chi connectivity index (χ0n) is 10.2. The van der Waals surface area contributed by atoms with Crippen LogP contribution in [0.2, 0.25) is 0 Å². The third-order valence-corrected chi connectivity index (χ3v) is 2.72. The molecule has 1 heterocycles. The van der Waals surface area contributed by atoms with Crippen molar-refractivity contribution in [1.29, 1.82) is 0 Å². The maximum atomic E-state index is 11.7. The Hall–Kier alpha value is -1.88. The number of amides is 2. The molecular formula is C13H16N2O3. The lowest BCUT2D eigenvalue weighted by molar-refractivity contribution is -0.141. The van der Waals surface area contributed by atoms with E-state index in [1.54, 1.807) is 0 Å². The molecule has 1 atom stereocenters. The van der Waals surface area contributed by atoms with E-state index < -0.39 is 6.10 Å². The van der Waals surface area contributed by atoms with Gasteiger partial charge in [-0.1, -0.05) is 17.7 Å². The van der Waals surface area contributed by atoms with Crippen molar-refractivity contribution in [1.82, 2.24) is 5.32 Å². The van der Waals surface area contributed by atoms with Crippen LogP contribution in [0.25, 0.3) is 0 Å². The lowest BCUT2D eigenvalue weighted by atomic mass is 10.2. The maximum absolute atomic E-state index is 11.7. The van der Waals surface area contributed by atoms with E-state index in [1.165, 1.54) is 0 Å². The van der Waals surface area contributed by atoms with Gasteiger partial charge in [0.1, 0.15) is 6.10 Å². The summed E-state index contributed by atoms with van der Waals surface area (Å²) < 4.78 is 5.24. The molecule has 0 aliphatic carbocycles. The minimum atomic E-state index is -0.677. The molecule has 0 radical (unpaired) electrons. The Morgan fingerprint density at radius 2 is 2.17 bits per heavy atom. The average molecular weight is 248 g/mol. The highest BCUT2D eigenvalue weighted by molar-refractivity contribution is 5.95. The summed E-state index contributed by atoms with van der Waals surface area (Å²) >= 11 is 0. The molecule has 96 valence electrons. The van der Waals surface area contributed by atoms with Gasteiger partial charge in [-0.3, -0.25) is 9.59 Å². The highest BCUT2D eigenvalue weighted by Gasteiger charge is 2.25. The van der Waals surface area contributed by atoms with E-state index in [1.807, 2.05) is 31.2 Å². The van der Waals surface area contributed by atoms with E-state index in [0.29, 0.717) is 13.2 Å². The highest BCUT2D eigenvalue weighted by atomic mass is 16.5. The number of hydrogen-bond donors (Lipinski definition) is 2. The number of morpholine rings is 1. The van der Waals surface area contributed by atoms with Gasteiger partial charge in [0, 0.05) is 12.2 Å². The molecule has 0 unspecified atom stereocenters. The van der Waals surface area contributed by atoms with Crippen LogP contribution in [0.4, 0.5) is 5.69 Å². The molecule has 1 saturated heterocycles. The van der Waals surface area contributed by atoms with Crippen LogP contribution in [0, 0.1) is 6.92 Å². The van der Waals surface area contributed by atoms with Gasteiger partial charge in [-0.2, -0.15) is 0 Å². The van der Waals surface area contributed by atoms with Gasteiger partial charge in [-0.05, 0) is 19.1 Å². The molecule has 1 aromatic carbocycles. The fourth-order valence-electron chi connectivity index (χ4n) is 1.73. The first-order valence-electron chi connectivity index (χ1n) is 5.91. The topological polar surface area (TPSA) is 67.4 Å². The second-order valence-corrected chi connectivity index (χ2v) is 4.27. The summed E-state index contributed by atoms with van der Waals surface area (Å²) in [7, 11) is 0. The molecule has 2 N–H and O–H groups in total. The molecule has 1 aliphatic heterocycles. The van der Waals surface area contributed by atoms with Crippen molar-refractivity contribution in [3.05, 3.63) is 29.8 Å². The van der Waals surface area contributed by atoms with Gasteiger partial charge < -0.3 is 15.4 Å². The van der Waals surface area contributed by atoms with Gasteiger partial charge in [0.15, 0.2) is 0 Å². The van der Waals surface area contributed by atoms with Crippen LogP contribution < -0.4 is 10.6 Å². The molecule has 1 aromatic rings. The lowest BCUT2D eigenvalue weighted by Crippen LogP contribution is -2.45. The standard InChI is InChI=1S/C13H16N2O3/c1-9-2-4-10(5-3-9)15-12(16)8-11-13(17)14-6-7-18-11/h2-5,11H,6-8H2,1H3,(H,14,17)(H,15,16)/t11-/m1/s1. The van der Waals surface area contributed by atoms with Crippen molar-refractivity contribution in [2.24, 2.45) is 0 Å². The summed E-state index contributed by atoms with van der Waals surface area (Å²) in [6.45, 7) is 2.94. The average Bonchev–Trinajstić information content (AvgIpc) is 2.35. The summed E-state index contributed by atoms with van der Waals surface area (Å²) in [5, 5.41) is 5.40. The molecule has 2 rings (SSSR count). The molecule has 18 heavy (non-hydrogen) atoms. The van der Waals surface area contributed by atoms with Crippen molar-refractivity contribution in [2.75, 3.05) is 18.5 Å². The number of aryl methyl sites for hydroxylation is 1. The molecule has 5 heteroatoms. The molecule has 0 saturated carbocycles. The third-order valence-electron chi connectivity index (χ3n) is 2.72. The Bertz CT molecular complexity index is 442. The Labute approximate surface area is 106 Å². The molecule has 0 aromatic heterocycles. The first-order chi connectivity index (χ1) is 8.65. The first-order valence-corrected chi connectivity index (χ1v) is 5.91. The van der Waals surface area contributed by atoms with Crippen LogP contribution >= 0.6 is 0 Å². The SMILES string of the molecule is Cc1ccc(NC(=O)C[C@H]2OCCNC2=O)cc1. The zero-order chi connectivity index (χ0) is 13.0. The zero-order valence-corrected chi connectivity index (χ0v) is 10.2. The fourth-order valence-corrected chi connectivity index (χ4v) is 1.73. The number of nitrogens with one attached hydrogen (secondary N) is 2. The van der Waals surface area contributed by atoms with Crippen LogP contribution in [0.15, 0.2) is 24.3 Å². The van der Waals surface area contributed by atoms with E-state index in [2.05, 4.69) is 10.6 Å². The molecular weight excluding hydrogens is 232 g/mol. The number of carbonyl (C=O) groups is 2. The summed E-state index contributed by atoms with van der Waals surface area (Å²) in [5.41, 5.74) is 1.85. The molecule has 0 spiro atoms. The van der Waals surface area contributed by atoms with Gasteiger partial charge in [-0.25, -0.2) is 0 Å². The minimum Gasteiger partial charge on any atom is -0.366 e. The van der Waals surface area contributed by atoms with Gasteiger partial charge in [0.2, 0.25) is 11.8 Å². The van der Waals surface area contributed by atoms with Crippen LogP contribution in [0.3, 0.4) is 0 Å². The summed E-state index contributed by atoms with van der Waals surface area (Å²) in [6, 6.07) is 7.49. The van der Waals surface area contributed by atoms with Crippen molar-refractivity contribution in [3.63, 3.8) is 0 Å². The number of ether oxygens (including phenoxy) is 1. The van der Waals surface area contributed by atoms with E-state index >= 15 is 0 Å². The van der Waals surface area contributed by atoms with E-state index in [4.69, 9.17) is 4.74 Å². The molecule has 1 aliphatic rings. The third kappa shape index (κ3) is 3.30.